The molecule has 3 heteroatoms. The number of halogens is 2. The summed E-state index contributed by atoms with van der Waals surface area (Å²) in [6, 6.07) is 44.6. The molecule has 0 aliphatic heterocycles. The second-order valence-electron chi connectivity index (χ2n) is 16.4. The molecule has 0 fully saturated rings. The molecule has 0 saturated carbocycles. The molecule has 2 aliphatic rings. The number of hydrogen-bond acceptors (Lipinski definition) is 0. The van der Waals surface area contributed by atoms with Crippen molar-refractivity contribution in [2.45, 2.75) is 65.2 Å². The molecule has 0 atom stereocenters. The van der Waals surface area contributed by atoms with Crippen LogP contribution in [0.3, 0.4) is 0 Å². The third-order valence-corrected chi connectivity index (χ3v) is 28.0. The molecule has 0 heterocycles. The summed E-state index contributed by atoms with van der Waals surface area (Å²) >= 11 is -5.11. The Morgan fingerprint density at radius 1 is 0.560 bits per heavy atom. The molecule has 50 heavy (non-hydrogen) atoms. The molecule has 0 radical (unpaired) electrons. The molecule has 8 rings (SSSR count). The molecule has 0 N–H and O–H groups in total. The topological polar surface area (TPSA) is 0 Å². The van der Waals surface area contributed by atoms with Gasteiger partial charge in [-0.05, 0) is 0 Å². The predicted molar refractivity (Wildman–Crippen MR) is 222 cm³/mol. The third kappa shape index (κ3) is 5.30. The van der Waals surface area contributed by atoms with E-state index in [-0.39, 0.29) is 35.6 Å². The molecule has 0 spiro atoms. The first-order chi connectivity index (χ1) is 22.9. The molecule has 0 bridgehead atoms. The van der Waals surface area contributed by atoms with Crippen molar-refractivity contribution in [3.63, 3.8) is 0 Å². The molecular formula is C47H48Cl2Zr. The van der Waals surface area contributed by atoms with Crippen LogP contribution < -0.4 is 9.81 Å². The van der Waals surface area contributed by atoms with E-state index in [1.807, 2.05) is 0 Å². The summed E-state index contributed by atoms with van der Waals surface area (Å²) in [5.41, 5.74) is 8.55. The van der Waals surface area contributed by atoms with Crippen LogP contribution in [-0.4, -0.2) is 4.21 Å². The van der Waals surface area contributed by atoms with E-state index in [4.69, 9.17) is 4.21 Å². The van der Waals surface area contributed by atoms with Gasteiger partial charge >= 0.3 is 289 Å². The van der Waals surface area contributed by atoms with Crippen molar-refractivity contribution in [2.24, 2.45) is 0 Å². The van der Waals surface area contributed by atoms with Crippen LogP contribution in [-0.2, 0) is 35.5 Å². The molecule has 0 unspecified atom stereocenters. The first kappa shape index (κ1) is 36.4. The molecule has 6 aromatic carbocycles. The zero-order valence-corrected chi connectivity index (χ0v) is 34.2. The molecule has 0 amide bonds. The van der Waals surface area contributed by atoms with Crippen molar-refractivity contribution in [3.05, 3.63) is 159 Å². The van der Waals surface area contributed by atoms with Gasteiger partial charge in [0.25, 0.3) is 0 Å². The Kier molecular flexibility index (Phi) is 9.26. The van der Waals surface area contributed by atoms with E-state index >= 15 is 0 Å². The molecular weight excluding hydrogens is 727 g/mol. The van der Waals surface area contributed by atoms with Gasteiger partial charge in [-0.3, -0.25) is 0 Å². The van der Waals surface area contributed by atoms with Crippen LogP contribution in [0.1, 0.15) is 70.2 Å². The van der Waals surface area contributed by atoms with Crippen molar-refractivity contribution in [1.29, 1.82) is 0 Å². The summed E-state index contributed by atoms with van der Waals surface area (Å²) in [7, 11) is 0. The van der Waals surface area contributed by atoms with Gasteiger partial charge in [0, 0.05) is 0 Å². The van der Waals surface area contributed by atoms with E-state index in [0.717, 1.165) is 12.8 Å². The van der Waals surface area contributed by atoms with Crippen molar-refractivity contribution < 1.29 is 18.3 Å². The van der Waals surface area contributed by atoms with E-state index in [0.29, 0.717) is 0 Å². The van der Waals surface area contributed by atoms with Crippen LogP contribution in [0.5, 0.6) is 0 Å². The van der Waals surface area contributed by atoms with Crippen LogP contribution in [0.25, 0.3) is 32.7 Å². The zero-order chi connectivity index (χ0) is 33.5. The number of fused-ring (bicyclic) bond motifs is 5. The Bertz CT molecular complexity index is 2330. The van der Waals surface area contributed by atoms with Crippen LogP contribution in [0.4, 0.5) is 0 Å². The average Bonchev–Trinajstić information content (AvgIpc) is 3.75. The molecule has 2 aliphatic carbocycles. The monoisotopic (exact) mass is 772 g/mol. The van der Waals surface area contributed by atoms with Gasteiger partial charge in [-0.15, -0.1) is 24.8 Å². The van der Waals surface area contributed by atoms with Gasteiger partial charge in [0.15, 0.2) is 0 Å². The third-order valence-electron chi connectivity index (χ3n) is 11.6. The van der Waals surface area contributed by atoms with Crippen molar-refractivity contribution >= 4 is 60.4 Å². The predicted octanol–water partition coefficient (Wildman–Crippen LogP) is 11.2. The van der Waals surface area contributed by atoms with Crippen LogP contribution in [0.15, 0.2) is 137 Å². The fraction of sp³-hybridized carbons (Fsp3) is 0.213. The van der Waals surface area contributed by atoms with Crippen LogP contribution >= 0.6 is 24.8 Å². The molecule has 0 nitrogen and oxygen atoms in total. The Morgan fingerprint density at radius 2 is 1.10 bits per heavy atom. The molecule has 0 saturated heterocycles. The van der Waals surface area contributed by atoms with Gasteiger partial charge in [0.2, 0.25) is 0 Å². The summed E-state index contributed by atoms with van der Waals surface area (Å²) in [5, 5.41) is 5.24. The number of hydrogen-bond donors (Lipinski definition) is 0. The van der Waals surface area contributed by atoms with E-state index in [1.165, 1.54) is 68.0 Å². The first-order valence-corrected chi connectivity index (χ1v) is 24.2. The number of benzene rings is 6. The molecule has 6 aromatic rings. The van der Waals surface area contributed by atoms with Gasteiger partial charge in [0.1, 0.15) is 0 Å². The minimum atomic E-state index is -5.11. The summed E-state index contributed by atoms with van der Waals surface area (Å²) in [6.45, 7) is 14.1. The van der Waals surface area contributed by atoms with E-state index in [2.05, 4.69) is 175 Å². The minimum absolute atomic E-state index is 0. The second-order valence-corrected chi connectivity index (χ2v) is 29.1. The number of rotatable bonds is 4. The van der Waals surface area contributed by atoms with E-state index in [1.54, 1.807) is 0 Å². The SMILES string of the molecule is Cl.Cl.[CH2]=[Zr]([C]1=CC=CC1)([c]1cc(C(C)(C)C)cc2c1Cc1ccc(C(C)(C)C)cc1-2)([c]1cccc2ccccc12)[c]1cccc2ccccc12. The van der Waals surface area contributed by atoms with Gasteiger partial charge in [-0.1, -0.05) is 0 Å². The van der Waals surface area contributed by atoms with Crippen molar-refractivity contribution in [2.75, 3.05) is 0 Å². The summed E-state index contributed by atoms with van der Waals surface area (Å²) in [4.78, 5) is 0. The summed E-state index contributed by atoms with van der Waals surface area (Å²) < 4.78 is 11.8. The Morgan fingerprint density at radius 3 is 1.64 bits per heavy atom. The first-order valence-electron chi connectivity index (χ1n) is 17.6. The van der Waals surface area contributed by atoms with E-state index < -0.39 is 18.3 Å². The quantitative estimate of drug-likeness (QED) is 0.167. The zero-order valence-electron chi connectivity index (χ0n) is 30.1. The van der Waals surface area contributed by atoms with E-state index in [9.17, 15) is 0 Å². The fourth-order valence-electron chi connectivity index (χ4n) is 8.89. The van der Waals surface area contributed by atoms with Gasteiger partial charge < -0.3 is 0 Å². The fourth-order valence-corrected chi connectivity index (χ4v) is 25.8. The summed E-state index contributed by atoms with van der Waals surface area (Å²) in [5.74, 6) is 0. The normalized spacial score (nSPS) is 14.2. The van der Waals surface area contributed by atoms with Crippen molar-refractivity contribution in [3.8, 4) is 11.1 Å². The summed E-state index contributed by atoms with van der Waals surface area (Å²) in [6.07, 6.45) is 8.98. The molecule has 254 valence electrons. The van der Waals surface area contributed by atoms with Crippen LogP contribution in [0, 0.1) is 0 Å². The maximum absolute atomic E-state index is 5.92. The Labute approximate surface area is 311 Å². The van der Waals surface area contributed by atoms with Crippen molar-refractivity contribution in [1.82, 2.24) is 0 Å². The Balaban J connectivity index is 0.00000216. The molecule has 0 aromatic heterocycles. The van der Waals surface area contributed by atoms with Gasteiger partial charge in [-0.2, -0.15) is 0 Å². The standard InChI is InChI=1S/C21H25.2C10H7.C5H5.CH2.2ClH.Zr/c1-20(2,3)16-9-7-14-11-15-8-10-17(21(4,5)6)13-19(15)18(14)12-16;2*1-2-6-10-8-4-3-7-9(10)5-1;1-2-4-5-3-1;;;;/h7,9-10,12-13H,11H2,1-6H3;2*1-7H;1-3H,4H2;1H2;2*1H;. The van der Waals surface area contributed by atoms with Gasteiger partial charge in [-0.25, -0.2) is 0 Å². The second kappa shape index (κ2) is 12.7. The maximum atomic E-state index is 5.92. The average molecular weight is 775 g/mol. The Hall–Kier alpha value is -3.35. The van der Waals surface area contributed by atoms with Gasteiger partial charge in [0.05, 0.1) is 0 Å². The van der Waals surface area contributed by atoms with Crippen LogP contribution in [0.2, 0.25) is 0 Å². The number of allylic oxidation sites excluding steroid dienone is 4.